The third-order valence-electron chi connectivity index (χ3n) is 3.67. The first kappa shape index (κ1) is 15.0. The molecule has 0 aromatic heterocycles. The van der Waals surface area contributed by atoms with Crippen molar-refractivity contribution >= 4 is 22.8 Å². The summed E-state index contributed by atoms with van der Waals surface area (Å²) in [6.45, 7) is 6.34. The Kier molecular flexibility index (Phi) is 4.19. The first-order valence-corrected chi connectivity index (χ1v) is 7.25. The molecule has 1 atom stereocenters. The summed E-state index contributed by atoms with van der Waals surface area (Å²) >= 11 is 5.58. The van der Waals surface area contributed by atoms with E-state index in [4.69, 9.17) is 11.6 Å². The normalized spacial score (nSPS) is 18.6. The maximum Gasteiger partial charge on any atom is 0.228 e. The molecule has 2 rings (SSSR count). The largest absolute Gasteiger partial charge is 0.334 e. The third kappa shape index (κ3) is 3.04. The molecule has 1 aliphatic heterocycles. The van der Waals surface area contributed by atoms with Crippen molar-refractivity contribution in [2.24, 2.45) is 5.41 Å². The molecule has 108 valence electrons. The van der Waals surface area contributed by atoms with Gasteiger partial charge in [-0.3, -0.25) is 9.59 Å². The standard InChI is InChI=1S/C16H20ClNO2/c1-16(2,3)15(20)18-9-8-11-6-4-5-7-12(11)13(18)10-14(17)19/h4-7,13H,8-10H2,1-3H3. The van der Waals surface area contributed by atoms with Gasteiger partial charge in [-0.05, 0) is 29.1 Å². The van der Waals surface area contributed by atoms with Crippen LogP contribution in [0.25, 0.3) is 0 Å². The van der Waals surface area contributed by atoms with E-state index in [-0.39, 0.29) is 18.4 Å². The minimum atomic E-state index is -0.458. The summed E-state index contributed by atoms with van der Waals surface area (Å²) in [5.41, 5.74) is 1.79. The molecule has 0 saturated heterocycles. The number of hydrogen-bond donors (Lipinski definition) is 0. The molecule has 0 fully saturated rings. The number of fused-ring (bicyclic) bond motifs is 1. The molecule has 3 nitrogen and oxygen atoms in total. The third-order valence-corrected chi connectivity index (χ3v) is 3.82. The van der Waals surface area contributed by atoms with Crippen LogP contribution >= 0.6 is 11.6 Å². The lowest BCUT2D eigenvalue weighted by Crippen LogP contribution is -2.45. The molecule has 20 heavy (non-hydrogen) atoms. The van der Waals surface area contributed by atoms with E-state index in [1.165, 1.54) is 5.56 Å². The van der Waals surface area contributed by atoms with Gasteiger partial charge in [0.2, 0.25) is 11.1 Å². The van der Waals surface area contributed by atoms with E-state index in [9.17, 15) is 9.59 Å². The SMILES string of the molecule is CC(C)(C)C(=O)N1CCc2ccccc2C1CC(=O)Cl. The zero-order valence-corrected chi connectivity index (χ0v) is 12.9. The number of halogens is 1. The van der Waals surface area contributed by atoms with E-state index in [1.54, 1.807) is 0 Å². The molecule has 1 unspecified atom stereocenters. The average Bonchev–Trinajstić information content (AvgIpc) is 2.37. The first-order valence-electron chi connectivity index (χ1n) is 6.88. The number of amides is 1. The Hall–Kier alpha value is -1.35. The Balaban J connectivity index is 2.39. The van der Waals surface area contributed by atoms with Gasteiger partial charge in [0.1, 0.15) is 0 Å². The number of rotatable bonds is 2. The topological polar surface area (TPSA) is 37.4 Å². The van der Waals surface area contributed by atoms with E-state index in [0.717, 1.165) is 12.0 Å². The lowest BCUT2D eigenvalue weighted by molar-refractivity contribution is -0.143. The van der Waals surface area contributed by atoms with E-state index in [0.29, 0.717) is 6.54 Å². The van der Waals surface area contributed by atoms with Crippen molar-refractivity contribution in [3.63, 3.8) is 0 Å². The molecule has 4 heteroatoms. The highest BCUT2D eigenvalue weighted by atomic mass is 35.5. The van der Waals surface area contributed by atoms with Crippen LogP contribution in [0.1, 0.15) is 44.4 Å². The quantitative estimate of drug-likeness (QED) is 0.785. The predicted molar refractivity (Wildman–Crippen MR) is 79.5 cm³/mol. The fraction of sp³-hybridized carbons (Fsp3) is 0.500. The molecule has 1 aliphatic rings. The summed E-state index contributed by atoms with van der Waals surface area (Å²) in [5, 5.41) is -0.404. The van der Waals surface area contributed by atoms with Gasteiger partial charge in [0, 0.05) is 18.4 Å². The summed E-state index contributed by atoms with van der Waals surface area (Å²) in [4.78, 5) is 25.8. The number of hydrogen-bond acceptors (Lipinski definition) is 2. The summed E-state index contributed by atoms with van der Waals surface area (Å²) in [7, 11) is 0. The Morgan fingerprint density at radius 3 is 2.55 bits per heavy atom. The van der Waals surface area contributed by atoms with Crippen LogP contribution in [-0.4, -0.2) is 22.6 Å². The Morgan fingerprint density at radius 1 is 1.30 bits per heavy atom. The van der Waals surface area contributed by atoms with Gasteiger partial charge in [-0.15, -0.1) is 0 Å². The molecule has 0 N–H and O–H groups in total. The number of carbonyl (C=O) groups excluding carboxylic acids is 2. The van der Waals surface area contributed by atoms with Crippen molar-refractivity contribution in [1.82, 2.24) is 4.90 Å². The summed E-state index contributed by atoms with van der Waals surface area (Å²) in [6.07, 6.45) is 0.991. The summed E-state index contributed by atoms with van der Waals surface area (Å²) < 4.78 is 0. The lowest BCUT2D eigenvalue weighted by Gasteiger charge is -2.40. The predicted octanol–water partition coefficient (Wildman–Crippen LogP) is 3.31. The van der Waals surface area contributed by atoms with Gasteiger partial charge in [-0.25, -0.2) is 0 Å². The smallest absolute Gasteiger partial charge is 0.228 e. The van der Waals surface area contributed by atoms with Crippen LogP contribution in [0, 0.1) is 5.41 Å². The van der Waals surface area contributed by atoms with Gasteiger partial charge in [-0.1, -0.05) is 45.0 Å². The summed E-state index contributed by atoms with van der Waals surface area (Å²) in [5.74, 6) is 0.0647. The van der Waals surface area contributed by atoms with Crippen LogP contribution in [0.2, 0.25) is 0 Å². The second-order valence-electron chi connectivity index (χ2n) is 6.27. The van der Waals surface area contributed by atoms with Gasteiger partial charge in [0.05, 0.1) is 6.04 Å². The van der Waals surface area contributed by atoms with Gasteiger partial charge in [0.25, 0.3) is 0 Å². The van der Waals surface area contributed by atoms with E-state index in [1.807, 2.05) is 43.9 Å². The summed E-state index contributed by atoms with van der Waals surface area (Å²) in [6, 6.07) is 7.73. The second kappa shape index (κ2) is 5.57. The van der Waals surface area contributed by atoms with E-state index >= 15 is 0 Å². The lowest BCUT2D eigenvalue weighted by atomic mass is 9.87. The molecule has 1 amide bonds. The highest BCUT2D eigenvalue weighted by Crippen LogP contribution is 2.35. The second-order valence-corrected chi connectivity index (χ2v) is 6.69. The molecule has 1 heterocycles. The highest BCUT2D eigenvalue weighted by Gasteiger charge is 2.36. The minimum Gasteiger partial charge on any atom is -0.334 e. The molecule has 0 aliphatic carbocycles. The van der Waals surface area contributed by atoms with Gasteiger partial charge >= 0.3 is 0 Å². The van der Waals surface area contributed by atoms with Crippen LogP contribution in [-0.2, 0) is 16.0 Å². The Morgan fingerprint density at radius 2 is 1.95 bits per heavy atom. The van der Waals surface area contributed by atoms with Crippen molar-refractivity contribution in [2.45, 2.75) is 39.7 Å². The van der Waals surface area contributed by atoms with Gasteiger partial charge < -0.3 is 4.90 Å². The molecular formula is C16H20ClNO2. The van der Waals surface area contributed by atoms with Crippen molar-refractivity contribution in [1.29, 1.82) is 0 Å². The zero-order valence-electron chi connectivity index (χ0n) is 12.1. The monoisotopic (exact) mass is 293 g/mol. The zero-order chi connectivity index (χ0) is 14.9. The average molecular weight is 294 g/mol. The van der Waals surface area contributed by atoms with Crippen LogP contribution in [0.15, 0.2) is 24.3 Å². The molecule has 1 aromatic carbocycles. The Bertz CT molecular complexity index is 534. The molecule has 1 aromatic rings. The van der Waals surface area contributed by atoms with Crippen molar-refractivity contribution in [3.05, 3.63) is 35.4 Å². The fourth-order valence-corrected chi connectivity index (χ4v) is 2.84. The molecule has 0 bridgehead atoms. The number of nitrogens with zero attached hydrogens (tertiary/aromatic N) is 1. The maximum absolute atomic E-state index is 12.6. The van der Waals surface area contributed by atoms with Gasteiger partial charge in [0.15, 0.2) is 0 Å². The van der Waals surface area contributed by atoms with E-state index < -0.39 is 10.7 Å². The minimum absolute atomic E-state index is 0.0647. The van der Waals surface area contributed by atoms with Crippen molar-refractivity contribution < 1.29 is 9.59 Å². The van der Waals surface area contributed by atoms with Gasteiger partial charge in [-0.2, -0.15) is 0 Å². The van der Waals surface area contributed by atoms with Crippen molar-refractivity contribution in [3.8, 4) is 0 Å². The van der Waals surface area contributed by atoms with E-state index in [2.05, 4.69) is 6.07 Å². The van der Waals surface area contributed by atoms with Crippen LogP contribution in [0.5, 0.6) is 0 Å². The van der Waals surface area contributed by atoms with Crippen molar-refractivity contribution in [2.75, 3.05) is 6.54 Å². The van der Waals surface area contributed by atoms with Crippen LogP contribution in [0.4, 0.5) is 0 Å². The molecule has 0 saturated carbocycles. The number of carbonyl (C=O) groups is 2. The molecule has 0 radical (unpaired) electrons. The van der Waals surface area contributed by atoms with Crippen LogP contribution < -0.4 is 0 Å². The maximum atomic E-state index is 12.6. The fourth-order valence-electron chi connectivity index (χ4n) is 2.70. The highest BCUT2D eigenvalue weighted by molar-refractivity contribution is 6.63. The van der Waals surface area contributed by atoms with Crippen LogP contribution in [0.3, 0.4) is 0 Å². The number of benzene rings is 1. The molecular weight excluding hydrogens is 274 g/mol. The first-order chi connectivity index (χ1) is 9.30. The Labute approximate surface area is 124 Å². The molecule has 0 spiro atoms.